The molecule has 0 unspecified atom stereocenters. The van der Waals surface area contributed by atoms with Crippen molar-refractivity contribution in [1.29, 1.82) is 0 Å². The molecule has 28 heavy (non-hydrogen) atoms. The minimum atomic E-state index is -1.07. The third-order valence-electron chi connectivity index (χ3n) is 5.22. The van der Waals surface area contributed by atoms with Crippen LogP contribution in [-0.4, -0.2) is 21.6 Å². The SMILES string of the molecule is CC(=O)N1C=Cc2ccccc2[C@@]1(Br)[C@]1(Br)c2ccccc2C=CN1C(C)=O. The highest BCUT2D eigenvalue weighted by Crippen LogP contribution is 2.61. The number of carbonyl (C=O) groups is 2. The van der Waals surface area contributed by atoms with Crippen molar-refractivity contribution >= 4 is 55.8 Å². The number of fused-ring (bicyclic) bond motifs is 2. The number of benzene rings is 2. The first kappa shape index (κ1) is 19.2. The van der Waals surface area contributed by atoms with Crippen LogP contribution < -0.4 is 0 Å². The Bertz CT molecular complexity index is 965. The number of hydrogen-bond donors (Lipinski definition) is 0. The standard InChI is InChI=1S/C22H18Br2N2O2/c1-15(27)25-13-11-17-7-3-5-9-19(17)21(25,23)22(24)20-10-6-4-8-18(20)12-14-26(22)16(2)28/h3-14H,1-2H3/t21-,22-/m0/s1. The van der Waals surface area contributed by atoms with Crippen molar-refractivity contribution in [3.05, 3.63) is 83.2 Å². The van der Waals surface area contributed by atoms with Crippen molar-refractivity contribution in [1.82, 2.24) is 9.80 Å². The number of rotatable bonds is 1. The van der Waals surface area contributed by atoms with E-state index in [-0.39, 0.29) is 11.8 Å². The van der Waals surface area contributed by atoms with E-state index in [4.69, 9.17) is 0 Å². The summed E-state index contributed by atoms with van der Waals surface area (Å²) in [6.45, 7) is 3.04. The molecule has 0 aromatic heterocycles. The first-order valence-corrected chi connectivity index (χ1v) is 10.4. The lowest BCUT2D eigenvalue weighted by atomic mass is 9.83. The fraction of sp³-hybridized carbons (Fsp3) is 0.182. The Labute approximate surface area is 180 Å². The molecule has 142 valence electrons. The quantitative estimate of drug-likeness (QED) is 0.400. The molecule has 0 aliphatic carbocycles. The molecule has 2 heterocycles. The van der Waals surface area contributed by atoms with Crippen molar-refractivity contribution in [3.8, 4) is 0 Å². The Morgan fingerprint density at radius 1 is 0.714 bits per heavy atom. The van der Waals surface area contributed by atoms with E-state index >= 15 is 0 Å². The van der Waals surface area contributed by atoms with Crippen molar-refractivity contribution in [3.63, 3.8) is 0 Å². The maximum atomic E-state index is 12.7. The third-order valence-corrected chi connectivity index (χ3v) is 8.52. The molecule has 0 radical (unpaired) electrons. The summed E-state index contributed by atoms with van der Waals surface area (Å²) >= 11 is 7.87. The maximum Gasteiger partial charge on any atom is 0.224 e. The van der Waals surface area contributed by atoms with Crippen LogP contribution in [0.5, 0.6) is 0 Å². The molecule has 0 N–H and O–H groups in total. The smallest absolute Gasteiger partial charge is 0.224 e. The monoisotopic (exact) mass is 500 g/mol. The Kier molecular flexibility index (Phi) is 4.59. The molecule has 0 spiro atoms. The summed E-state index contributed by atoms with van der Waals surface area (Å²) in [7, 11) is 0. The summed E-state index contributed by atoms with van der Waals surface area (Å²) in [6.07, 6.45) is 7.36. The van der Waals surface area contributed by atoms with Gasteiger partial charge in [0.1, 0.15) is 0 Å². The predicted molar refractivity (Wildman–Crippen MR) is 117 cm³/mol. The fourth-order valence-electron chi connectivity index (χ4n) is 3.98. The van der Waals surface area contributed by atoms with Gasteiger partial charge in [-0.25, -0.2) is 0 Å². The van der Waals surface area contributed by atoms with Gasteiger partial charge in [-0.2, -0.15) is 0 Å². The van der Waals surface area contributed by atoms with Crippen LogP contribution in [0.15, 0.2) is 60.9 Å². The van der Waals surface area contributed by atoms with Crippen LogP contribution in [0.4, 0.5) is 0 Å². The summed E-state index contributed by atoms with van der Waals surface area (Å²) in [4.78, 5) is 28.7. The fourth-order valence-corrected chi connectivity index (χ4v) is 6.25. The average Bonchev–Trinajstić information content (AvgIpc) is 2.68. The zero-order chi connectivity index (χ0) is 20.1. The van der Waals surface area contributed by atoms with Gasteiger partial charge in [-0.1, -0.05) is 80.4 Å². The van der Waals surface area contributed by atoms with Crippen LogP contribution in [0, 0.1) is 0 Å². The average molecular weight is 502 g/mol. The molecule has 2 aliphatic heterocycles. The molecule has 2 amide bonds. The van der Waals surface area contributed by atoms with Crippen molar-refractivity contribution < 1.29 is 9.59 Å². The van der Waals surface area contributed by atoms with Gasteiger partial charge in [0.15, 0.2) is 8.90 Å². The Morgan fingerprint density at radius 2 is 1.07 bits per heavy atom. The molecule has 0 fully saturated rings. The van der Waals surface area contributed by atoms with Gasteiger partial charge in [-0.05, 0) is 34.4 Å². The number of alkyl halides is 2. The van der Waals surface area contributed by atoms with Crippen LogP contribution in [0.3, 0.4) is 0 Å². The topological polar surface area (TPSA) is 40.6 Å². The molecule has 0 bridgehead atoms. The van der Waals surface area contributed by atoms with Gasteiger partial charge >= 0.3 is 0 Å². The van der Waals surface area contributed by atoms with E-state index in [0.29, 0.717) is 0 Å². The van der Waals surface area contributed by atoms with E-state index in [0.717, 1.165) is 22.3 Å². The van der Waals surface area contributed by atoms with Gasteiger partial charge in [0.05, 0.1) is 0 Å². The van der Waals surface area contributed by atoms with Crippen LogP contribution in [0.1, 0.15) is 36.1 Å². The molecule has 2 aromatic carbocycles. The van der Waals surface area contributed by atoms with Crippen LogP contribution in [0.25, 0.3) is 12.2 Å². The van der Waals surface area contributed by atoms with Gasteiger partial charge in [0.2, 0.25) is 11.8 Å². The van der Waals surface area contributed by atoms with Crippen molar-refractivity contribution in [2.75, 3.05) is 0 Å². The third kappa shape index (κ3) is 2.47. The molecule has 4 nitrogen and oxygen atoms in total. The number of amides is 2. The lowest BCUT2D eigenvalue weighted by Crippen LogP contribution is -2.62. The lowest BCUT2D eigenvalue weighted by Gasteiger charge is -2.55. The van der Waals surface area contributed by atoms with Crippen LogP contribution in [0.2, 0.25) is 0 Å². The summed E-state index contributed by atoms with van der Waals surface area (Å²) in [5.74, 6) is -0.283. The second kappa shape index (κ2) is 6.71. The van der Waals surface area contributed by atoms with E-state index < -0.39 is 8.90 Å². The van der Waals surface area contributed by atoms with E-state index in [9.17, 15) is 9.59 Å². The Hall–Kier alpha value is -2.18. The first-order chi connectivity index (χ1) is 13.3. The molecule has 2 aromatic rings. The largest absolute Gasteiger partial charge is 0.296 e. The zero-order valence-electron chi connectivity index (χ0n) is 15.4. The molecular weight excluding hydrogens is 484 g/mol. The summed E-state index contributed by atoms with van der Waals surface area (Å²) < 4.78 is -2.13. The Morgan fingerprint density at radius 3 is 1.43 bits per heavy atom. The highest BCUT2D eigenvalue weighted by molar-refractivity contribution is 9.12. The second-order valence-corrected chi connectivity index (χ2v) is 9.12. The molecule has 2 aliphatic rings. The maximum absolute atomic E-state index is 12.7. The van der Waals surface area contributed by atoms with Crippen LogP contribution in [-0.2, 0) is 18.5 Å². The minimum Gasteiger partial charge on any atom is -0.296 e. The van der Waals surface area contributed by atoms with Gasteiger partial charge in [0.25, 0.3) is 0 Å². The highest BCUT2D eigenvalue weighted by atomic mass is 79.9. The van der Waals surface area contributed by atoms with E-state index in [1.54, 1.807) is 22.2 Å². The van der Waals surface area contributed by atoms with Gasteiger partial charge < -0.3 is 0 Å². The molecule has 2 atom stereocenters. The zero-order valence-corrected chi connectivity index (χ0v) is 18.6. The predicted octanol–water partition coefficient (Wildman–Crippen LogP) is 5.15. The summed E-state index contributed by atoms with van der Waals surface area (Å²) in [5.41, 5.74) is 3.74. The van der Waals surface area contributed by atoms with Crippen molar-refractivity contribution in [2.24, 2.45) is 0 Å². The first-order valence-electron chi connectivity index (χ1n) is 8.85. The van der Waals surface area contributed by atoms with E-state index in [1.165, 1.54) is 13.8 Å². The lowest BCUT2D eigenvalue weighted by molar-refractivity contribution is -0.137. The van der Waals surface area contributed by atoms with Gasteiger partial charge in [-0.15, -0.1) is 0 Å². The number of nitrogens with zero attached hydrogens (tertiary/aromatic N) is 2. The van der Waals surface area contributed by atoms with Crippen molar-refractivity contribution in [2.45, 2.75) is 22.7 Å². The molecule has 6 heteroatoms. The number of carbonyl (C=O) groups excluding carboxylic acids is 2. The molecule has 0 saturated carbocycles. The Balaban J connectivity index is 2.10. The minimum absolute atomic E-state index is 0.142. The van der Waals surface area contributed by atoms with Gasteiger partial charge in [0, 0.05) is 26.2 Å². The molecule has 0 saturated heterocycles. The molecule has 4 rings (SSSR count). The van der Waals surface area contributed by atoms with Crippen LogP contribution >= 0.6 is 31.9 Å². The highest BCUT2D eigenvalue weighted by Gasteiger charge is 2.61. The van der Waals surface area contributed by atoms with E-state index in [1.807, 2.05) is 60.7 Å². The van der Waals surface area contributed by atoms with Gasteiger partial charge in [-0.3, -0.25) is 19.4 Å². The summed E-state index contributed by atoms with van der Waals surface area (Å²) in [6, 6.07) is 15.7. The van der Waals surface area contributed by atoms with E-state index in [2.05, 4.69) is 31.9 Å². The summed E-state index contributed by atoms with van der Waals surface area (Å²) in [5, 5.41) is 0. The normalized spacial score (nSPS) is 25.3. The molecular formula is C22H18Br2N2O2. The second-order valence-electron chi connectivity index (χ2n) is 6.83. The number of halogens is 2. The number of hydrogen-bond acceptors (Lipinski definition) is 2.